The number of aryl methyl sites for hydroxylation is 1. The minimum Gasteiger partial charge on any atom is -0.507 e. The number of hydrogen-bond donors (Lipinski definition) is 1. The van der Waals surface area contributed by atoms with Gasteiger partial charge in [0.1, 0.15) is 18.0 Å². The van der Waals surface area contributed by atoms with Crippen LogP contribution in [0.2, 0.25) is 0 Å². The van der Waals surface area contributed by atoms with Gasteiger partial charge in [0.05, 0.1) is 4.47 Å². The molecule has 0 aromatic heterocycles. The number of phenolic OH excluding ortho intramolecular Hbond substituents is 1. The molecular formula is C20H23BrO5. The van der Waals surface area contributed by atoms with Crippen molar-refractivity contribution in [2.45, 2.75) is 57.2 Å². The Bertz CT molecular complexity index is 735. The fourth-order valence-corrected chi connectivity index (χ4v) is 6.39. The molecule has 0 aliphatic heterocycles. The third-order valence-corrected chi connectivity index (χ3v) is 7.77. The topological polar surface area (TPSA) is 72.8 Å². The van der Waals surface area contributed by atoms with Crippen molar-refractivity contribution in [1.29, 1.82) is 0 Å². The number of carbonyl (C=O) groups is 2. The highest BCUT2D eigenvalue weighted by atomic mass is 79.9. The quantitative estimate of drug-likeness (QED) is 0.748. The van der Waals surface area contributed by atoms with Gasteiger partial charge in [-0.05, 0) is 89.0 Å². The van der Waals surface area contributed by atoms with E-state index < -0.39 is 0 Å². The van der Waals surface area contributed by atoms with Crippen molar-refractivity contribution in [1.82, 2.24) is 0 Å². The molecule has 1 N–H and O–H groups in total. The van der Waals surface area contributed by atoms with Crippen LogP contribution in [0.25, 0.3) is 0 Å². The smallest absolute Gasteiger partial charge is 0.293 e. The van der Waals surface area contributed by atoms with Crippen LogP contribution in [-0.2, 0) is 25.5 Å². The molecule has 3 aliphatic carbocycles. The molecule has 0 radical (unpaired) electrons. The summed E-state index contributed by atoms with van der Waals surface area (Å²) in [5.41, 5.74) is 2.39. The second-order valence-corrected chi connectivity index (χ2v) is 8.98. The third kappa shape index (κ3) is 2.56. The molecule has 2 saturated carbocycles. The average molecular weight is 423 g/mol. The second-order valence-electron chi connectivity index (χ2n) is 8.12. The first-order chi connectivity index (χ1) is 12.5. The van der Waals surface area contributed by atoms with Gasteiger partial charge < -0.3 is 14.6 Å². The monoisotopic (exact) mass is 422 g/mol. The van der Waals surface area contributed by atoms with Gasteiger partial charge in [-0.3, -0.25) is 9.59 Å². The van der Waals surface area contributed by atoms with E-state index >= 15 is 0 Å². The Morgan fingerprint density at radius 3 is 2.73 bits per heavy atom. The average Bonchev–Trinajstić information content (AvgIpc) is 2.89. The SMILES string of the molecule is C[C@]12CC[C@@H]3c4cc(Br)c(O)cc4CC[C@H]3[C@@H]1C[C@@H](OC=O)[C@@H]2OC=O. The lowest BCUT2D eigenvalue weighted by Crippen LogP contribution is -2.46. The molecule has 0 amide bonds. The van der Waals surface area contributed by atoms with Crippen molar-refractivity contribution in [2.24, 2.45) is 17.3 Å². The molecule has 2 fully saturated rings. The molecule has 0 bridgehead atoms. The van der Waals surface area contributed by atoms with Crippen LogP contribution in [0, 0.1) is 17.3 Å². The molecule has 0 unspecified atom stereocenters. The van der Waals surface area contributed by atoms with Gasteiger partial charge in [-0.15, -0.1) is 0 Å². The van der Waals surface area contributed by atoms with E-state index in [1.807, 2.05) is 6.07 Å². The number of aromatic hydroxyl groups is 1. The van der Waals surface area contributed by atoms with E-state index in [9.17, 15) is 14.7 Å². The molecule has 1 aromatic rings. The molecule has 5 nitrogen and oxygen atoms in total. The molecule has 0 heterocycles. The molecule has 0 saturated heterocycles. The van der Waals surface area contributed by atoms with Gasteiger partial charge in [-0.25, -0.2) is 0 Å². The Morgan fingerprint density at radius 1 is 1.23 bits per heavy atom. The summed E-state index contributed by atoms with van der Waals surface area (Å²) in [4.78, 5) is 22.0. The third-order valence-electron chi connectivity index (χ3n) is 7.14. The van der Waals surface area contributed by atoms with Crippen LogP contribution >= 0.6 is 15.9 Å². The molecule has 0 spiro atoms. The van der Waals surface area contributed by atoms with Crippen molar-refractivity contribution in [3.8, 4) is 5.75 Å². The number of halogens is 1. The first-order valence-electron chi connectivity index (χ1n) is 9.19. The summed E-state index contributed by atoms with van der Waals surface area (Å²) >= 11 is 3.45. The van der Waals surface area contributed by atoms with Crippen LogP contribution in [0.4, 0.5) is 0 Å². The van der Waals surface area contributed by atoms with E-state index in [1.165, 1.54) is 11.1 Å². The summed E-state index contributed by atoms with van der Waals surface area (Å²) in [5.74, 6) is 1.54. The lowest BCUT2D eigenvalue weighted by Gasteiger charge is -2.50. The van der Waals surface area contributed by atoms with E-state index in [2.05, 4.69) is 28.9 Å². The minimum absolute atomic E-state index is 0.165. The molecular weight excluding hydrogens is 400 g/mol. The number of benzene rings is 1. The zero-order valence-corrected chi connectivity index (χ0v) is 16.3. The lowest BCUT2D eigenvalue weighted by atomic mass is 9.55. The van der Waals surface area contributed by atoms with Crippen LogP contribution in [0.5, 0.6) is 5.75 Å². The Balaban J connectivity index is 1.69. The minimum atomic E-state index is -0.371. The summed E-state index contributed by atoms with van der Waals surface area (Å²) in [6.07, 6.45) is 3.91. The molecule has 26 heavy (non-hydrogen) atoms. The van der Waals surface area contributed by atoms with Crippen LogP contribution in [-0.4, -0.2) is 30.3 Å². The Hall–Kier alpha value is -1.56. The van der Waals surface area contributed by atoms with Gasteiger partial charge in [0, 0.05) is 5.41 Å². The lowest BCUT2D eigenvalue weighted by molar-refractivity contribution is -0.157. The normalized spacial score (nSPS) is 37.8. The maximum Gasteiger partial charge on any atom is 0.293 e. The summed E-state index contributed by atoms with van der Waals surface area (Å²) in [6, 6.07) is 3.95. The molecule has 140 valence electrons. The Morgan fingerprint density at radius 2 is 2.00 bits per heavy atom. The summed E-state index contributed by atoms with van der Waals surface area (Å²) in [6.45, 7) is 3.14. The zero-order valence-electron chi connectivity index (χ0n) is 14.7. The van der Waals surface area contributed by atoms with Crippen LogP contribution in [0.3, 0.4) is 0 Å². The van der Waals surface area contributed by atoms with E-state index in [1.54, 1.807) is 0 Å². The van der Waals surface area contributed by atoms with Gasteiger partial charge in [-0.1, -0.05) is 6.92 Å². The number of hydrogen-bond acceptors (Lipinski definition) is 5. The highest BCUT2D eigenvalue weighted by Gasteiger charge is 2.60. The molecule has 4 rings (SSSR count). The van der Waals surface area contributed by atoms with Crippen molar-refractivity contribution < 1.29 is 24.2 Å². The largest absolute Gasteiger partial charge is 0.507 e. The summed E-state index contributed by atoms with van der Waals surface area (Å²) in [5, 5.41) is 10.0. The molecule has 3 aliphatic rings. The van der Waals surface area contributed by atoms with E-state index in [4.69, 9.17) is 9.47 Å². The predicted octanol–water partition coefficient (Wildman–Crippen LogP) is 3.70. The van der Waals surface area contributed by atoms with Gasteiger partial charge in [0.25, 0.3) is 12.9 Å². The molecule has 6 atom stereocenters. The highest BCUT2D eigenvalue weighted by Crippen LogP contribution is 2.62. The van der Waals surface area contributed by atoms with Crippen molar-refractivity contribution in [3.63, 3.8) is 0 Å². The van der Waals surface area contributed by atoms with Crippen molar-refractivity contribution in [2.75, 3.05) is 0 Å². The number of ether oxygens (including phenoxy) is 2. The fraction of sp³-hybridized carbons (Fsp3) is 0.600. The second kappa shape index (κ2) is 6.55. The Labute approximate surface area is 161 Å². The first kappa shape index (κ1) is 17.8. The van der Waals surface area contributed by atoms with Gasteiger partial charge >= 0.3 is 0 Å². The summed E-state index contributed by atoms with van der Waals surface area (Å²) in [7, 11) is 0. The van der Waals surface area contributed by atoms with Crippen LogP contribution in [0.1, 0.15) is 49.7 Å². The first-order valence-corrected chi connectivity index (χ1v) is 9.98. The van der Waals surface area contributed by atoms with E-state index in [0.29, 0.717) is 36.4 Å². The predicted molar refractivity (Wildman–Crippen MR) is 97.7 cm³/mol. The standard InChI is InChI=1S/C20H23BrO5/c1-20-5-4-12-13(3-2-11-6-17(24)16(21)7-14(11)12)15(20)8-18(25-9-22)19(20)26-10-23/h6-7,9-10,12-13,15,18-19,24H,2-5,8H2,1H3/t12-,13+,15-,18+,19-,20-/m0/s1. The highest BCUT2D eigenvalue weighted by molar-refractivity contribution is 9.10. The maximum atomic E-state index is 11.0. The maximum absolute atomic E-state index is 11.0. The zero-order chi connectivity index (χ0) is 18.5. The fourth-order valence-electron chi connectivity index (χ4n) is 6.03. The molecule has 1 aromatic carbocycles. The molecule has 6 heteroatoms. The number of rotatable bonds is 4. The van der Waals surface area contributed by atoms with E-state index in [0.717, 1.165) is 36.6 Å². The number of carbonyl (C=O) groups excluding carboxylic acids is 2. The van der Waals surface area contributed by atoms with Crippen molar-refractivity contribution in [3.05, 3.63) is 27.7 Å². The van der Waals surface area contributed by atoms with Gasteiger partial charge in [0.2, 0.25) is 0 Å². The van der Waals surface area contributed by atoms with Crippen LogP contribution in [0.15, 0.2) is 16.6 Å². The van der Waals surface area contributed by atoms with Crippen LogP contribution < -0.4 is 0 Å². The number of fused-ring (bicyclic) bond motifs is 5. The Kier molecular flexibility index (Phi) is 4.49. The number of phenols is 1. The van der Waals surface area contributed by atoms with Gasteiger partial charge in [0.15, 0.2) is 0 Å². The van der Waals surface area contributed by atoms with E-state index in [-0.39, 0.29) is 17.6 Å². The summed E-state index contributed by atoms with van der Waals surface area (Å²) < 4.78 is 11.5. The van der Waals surface area contributed by atoms with Crippen molar-refractivity contribution >= 4 is 28.9 Å². The van der Waals surface area contributed by atoms with Gasteiger partial charge in [-0.2, -0.15) is 0 Å².